The minimum Gasteiger partial charge on any atom is -0.462 e. The highest BCUT2D eigenvalue weighted by molar-refractivity contribution is 5.98. The quantitative estimate of drug-likeness (QED) is 0.474. The lowest BCUT2D eigenvalue weighted by Crippen LogP contribution is -2.06. The van der Waals surface area contributed by atoms with E-state index in [2.05, 4.69) is 6.07 Å². The number of hydrogen-bond acceptors (Lipinski definition) is 3. The molecule has 3 nitrogen and oxygen atoms in total. The highest BCUT2D eigenvalue weighted by Gasteiger charge is 2.13. The molecule has 0 amide bonds. The molecule has 3 heteroatoms. The number of aryl methyl sites for hydroxylation is 2. The molecule has 0 saturated carbocycles. The first-order chi connectivity index (χ1) is 8.92. The molecule has 0 aliphatic heterocycles. The van der Waals surface area contributed by atoms with Crippen LogP contribution in [0.1, 0.15) is 34.7 Å². The van der Waals surface area contributed by atoms with Gasteiger partial charge in [-0.1, -0.05) is 6.07 Å². The Morgan fingerprint density at radius 3 is 2.21 bits per heavy atom. The van der Waals surface area contributed by atoms with E-state index in [1.165, 1.54) is 0 Å². The number of ether oxygens (including phenoxy) is 1. The third-order valence-corrected chi connectivity index (χ3v) is 3.33. The van der Waals surface area contributed by atoms with Crippen LogP contribution in [0.5, 0.6) is 0 Å². The van der Waals surface area contributed by atoms with Crippen molar-refractivity contribution in [3.8, 4) is 6.07 Å². The maximum absolute atomic E-state index is 11.7. The number of nitriles is 1. The zero-order valence-corrected chi connectivity index (χ0v) is 12.1. The Kier molecular flexibility index (Phi) is 4.88. The van der Waals surface area contributed by atoms with E-state index in [4.69, 9.17) is 10.00 Å². The van der Waals surface area contributed by atoms with E-state index < -0.39 is 5.97 Å². The normalized spacial score (nSPS) is 11.1. The first-order valence-corrected chi connectivity index (χ1v) is 6.28. The van der Waals surface area contributed by atoms with Crippen LogP contribution in [0, 0.1) is 39.0 Å². The van der Waals surface area contributed by atoms with Gasteiger partial charge in [0.15, 0.2) is 0 Å². The molecular weight excluding hydrogens is 238 g/mol. The largest absolute Gasteiger partial charge is 0.462 e. The predicted molar refractivity (Wildman–Crippen MR) is 75.6 cm³/mol. The molecule has 1 rings (SSSR count). The van der Waals surface area contributed by atoms with Crippen LogP contribution < -0.4 is 0 Å². The molecule has 0 atom stereocenters. The monoisotopic (exact) mass is 257 g/mol. The molecule has 19 heavy (non-hydrogen) atoms. The Balaban J connectivity index is 3.38. The van der Waals surface area contributed by atoms with Gasteiger partial charge < -0.3 is 4.74 Å². The molecule has 0 heterocycles. The molecule has 0 aromatic heterocycles. The number of benzene rings is 1. The lowest BCUT2D eigenvalue weighted by molar-refractivity contribution is -0.137. The van der Waals surface area contributed by atoms with Gasteiger partial charge in [0.05, 0.1) is 6.61 Å². The van der Waals surface area contributed by atoms with Crippen molar-refractivity contribution in [2.75, 3.05) is 6.61 Å². The highest BCUT2D eigenvalue weighted by Crippen LogP contribution is 2.24. The van der Waals surface area contributed by atoms with Crippen molar-refractivity contribution in [3.05, 3.63) is 39.5 Å². The van der Waals surface area contributed by atoms with Crippen molar-refractivity contribution in [2.45, 2.75) is 34.6 Å². The van der Waals surface area contributed by atoms with Gasteiger partial charge in [-0.25, -0.2) is 4.79 Å². The van der Waals surface area contributed by atoms with Crippen LogP contribution in [0.4, 0.5) is 0 Å². The Bertz CT molecular complexity index is 551. The van der Waals surface area contributed by atoms with E-state index in [1.54, 1.807) is 13.0 Å². The Labute approximate surface area is 114 Å². The molecule has 0 bridgehead atoms. The summed E-state index contributed by atoms with van der Waals surface area (Å²) in [6.07, 6.45) is 1.63. The summed E-state index contributed by atoms with van der Waals surface area (Å²) in [7, 11) is 0. The average molecular weight is 257 g/mol. The average Bonchev–Trinajstić information content (AvgIpc) is 2.37. The summed E-state index contributed by atoms with van der Waals surface area (Å²) in [5.41, 5.74) is 5.44. The minimum absolute atomic E-state index is 0.0399. The van der Waals surface area contributed by atoms with Gasteiger partial charge in [-0.15, -0.1) is 0 Å². The molecule has 0 fully saturated rings. The van der Waals surface area contributed by atoms with Crippen LogP contribution in [-0.2, 0) is 9.53 Å². The van der Waals surface area contributed by atoms with Crippen LogP contribution in [-0.4, -0.2) is 12.6 Å². The van der Waals surface area contributed by atoms with Crippen molar-refractivity contribution in [1.82, 2.24) is 0 Å². The van der Waals surface area contributed by atoms with E-state index in [1.807, 2.05) is 33.8 Å². The second-order valence-electron chi connectivity index (χ2n) is 4.56. The molecule has 1 aromatic carbocycles. The van der Waals surface area contributed by atoms with Crippen LogP contribution >= 0.6 is 0 Å². The number of rotatable bonds is 3. The Hall–Kier alpha value is -2.08. The SMILES string of the molecule is CCOC(=O)/C(C#N)=C/c1c(C)c(C)cc(C)c1C. The summed E-state index contributed by atoms with van der Waals surface area (Å²) in [5, 5.41) is 9.09. The molecule has 0 spiro atoms. The van der Waals surface area contributed by atoms with Crippen molar-refractivity contribution in [2.24, 2.45) is 0 Å². The summed E-state index contributed by atoms with van der Waals surface area (Å²) in [5.74, 6) is -0.567. The van der Waals surface area contributed by atoms with Gasteiger partial charge in [-0.3, -0.25) is 0 Å². The van der Waals surface area contributed by atoms with Gasteiger partial charge in [-0.05, 0) is 68.5 Å². The van der Waals surface area contributed by atoms with Crippen LogP contribution in [0.15, 0.2) is 11.6 Å². The first kappa shape index (κ1) is 15.0. The molecule has 1 aromatic rings. The molecular formula is C16H19NO2. The number of carbonyl (C=O) groups excluding carboxylic acids is 1. The fourth-order valence-corrected chi connectivity index (χ4v) is 1.95. The summed E-state index contributed by atoms with van der Waals surface area (Å²) in [6, 6.07) is 4.02. The second kappa shape index (κ2) is 6.19. The van der Waals surface area contributed by atoms with Crippen LogP contribution in [0.2, 0.25) is 0 Å². The van der Waals surface area contributed by atoms with Crippen molar-refractivity contribution < 1.29 is 9.53 Å². The molecule has 0 saturated heterocycles. The molecule has 0 unspecified atom stereocenters. The van der Waals surface area contributed by atoms with Crippen molar-refractivity contribution >= 4 is 12.0 Å². The zero-order valence-electron chi connectivity index (χ0n) is 12.1. The third-order valence-electron chi connectivity index (χ3n) is 3.33. The van der Waals surface area contributed by atoms with Crippen molar-refractivity contribution in [1.29, 1.82) is 5.26 Å². The third kappa shape index (κ3) is 3.23. The lowest BCUT2D eigenvalue weighted by atomic mass is 9.93. The minimum atomic E-state index is -0.567. The fraction of sp³-hybridized carbons (Fsp3) is 0.375. The smallest absolute Gasteiger partial charge is 0.348 e. The highest BCUT2D eigenvalue weighted by atomic mass is 16.5. The molecule has 0 N–H and O–H groups in total. The zero-order chi connectivity index (χ0) is 14.6. The van der Waals surface area contributed by atoms with E-state index in [0.29, 0.717) is 0 Å². The van der Waals surface area contributed by atoms with Gasteiger partial charge in [0.25, 0.3) is 0 Å². The lowest BCUT2D eigenvalue weighted by Gasteiger charge is -2.12. The van der Waals surface area contributed by atoms with Gasteiger partial charge in [0, 0.05) is 0 Å². The maximum Gasteiger partial charge on any atom is 0.348 e. The number of nitrogens with zero attached hydrogens (tertiary/aromatic N) is 1. The Morgan fingerprint density at radius 1 is 1.26 bits per heavy atom. The maximum atomic E-state index is 11.7. The predicted octanol–water partition coefficient (Wildman–Crippen LogP) is 3.39. The second-order valence-corrected chi connectivity index (χ2v) is 4.56. The van der Waals surface area contributed by atoms with E-state index >= 15 is 0 Å². The summed E-state index contributed by atoms with van der Waals surface area (Å²) in [6.45, 7) is 10.0. The summed E-state index contributed by atoms with van der Waals surface area (Å²) < 4.78 is 4.88. The molecule has 100 valence electrons. The summed E-state index contributed by atoms with van der Waals surface area (Å²) in [4.78, 5) is 11.7. The van der Waals surface area contributed by atoms with Crippen LogP contribution in [0.25, 0.3) is 6.08 Å². The van der Waals surface area contributed by atoms with E-state index in [9.17, 15) is 4.79 Å². The molecule has 0 aliphatic carbocycles. The van der Waals surface area contributed by atoms with E-state index in [-0.39, 0.29) is 12.2 Å². The molecule has 0 aliphatic rings. The fourth-order valence-electron chi connectivity index (χ4n) is 1.95. The van der Waals surface area contributed by atoms with Crippen molar-refractivity contribution in [3.63, 3.8) is 0 Å². The standard InChI is InChI=1S/C16H19NO2/c1-6-19-16(18)14(9-17)8-15-12(4)10(2)7-11(3)13(15)5/h7-8H,6H2,1-5H3/b14-8+. The number of hydrogen-bond donors (Lipinski definition) is 0. The van der Waals surface area contributed by atoms with E-state index in [0.717, 1.165) is 27.8 Å². The molecule has 0 radical (unpaired) electrons. The summed E-state index contributed by atoms with van der Waals surface area (Å²) >= 11 is 0. The first-order valence-electron chi connectivity index (χ1n) is 6.28. The van der Waals surface area contributed by atoms with Gasteiger partial charge in [0.2, 0.25) is 0 Å². The number of esters is 1. The van der Waals surface area contributed by atoms with Gasteiger partial charge in [0.1, 0.15) is 11.6 Å². The van der Waals surface area contributed by atoms with Crippen LogP contribution in [0.3, 0.4) is 0 Å². The Morgan fingerprint density at radius 2 is 1.79 bits per heavy atom. The van der Waals surface area contributed by atoms with Gasteiger partial charge in [-0.2, -0.15) is 5.26 Å². The topological polar surface area (TPSA) is 50.1 Å². The van der Waals surface area contributed by atoms with Gasteiger partial charge >= 0.3 is 5.97 Å². The number of carbonyl (C=O) groups is 1.